The third kappa shape index (κ3) is 5.85. The lowest BCUT2D eigenvalue weighted by Crippen LogP contribution is -2.40. The lowest BCUT2D eigenvalue weighted by atomic mass is 10.0. The van der Waals surface area contributed by atoms with Crippen LogP contribution < -0.4 is 5.32 Å². The molecule has 2 heterocycles. The Bertz CT molecular complexity index is 737. The summed E-state index contributed by atoms with van der Waals surface area (Å²) in [6.45, 7) is 2.43. The number of pyridine rings is 1. The molecule has 0 radical (unpaired) electrons. The summed E-state index contributed by atoms with van der Waals surface area (Å²) in [4.78, 5) is 20.9. The normalized spacial score (nSPS) is 16.9. The number of carbonyl (C=O) groups excluding carboxylic acids is 1. The summed E-state index contributed by atoms with van der Waals surface area (Å²) < 4.78 is 0. The molecule has 1 aromatic heterocycles. The molecular weight excluding hydrogens is 401 g/mol. The van der Waals surface area contributed by atoms with Gasteiger partial charge in [0.25, 0.3) is 5.91 Å². The summed E-state index contributed by atoms with van der Waals surface area (Å²) in [5.41, 5.74) is 1.47. The Kier molecular flexibility index (Phi) is 8.90. The molecule has 1 amide bonds. The Morgan fingerprint density at radius 1 is 1.30 bits per heavy atom. The van der Waals surface area contributed by atoms with E-state index in [9.17, 15) is 4.79 Å². The minimum atomic E-state index is -0.0107. The Balaban J connectivity index is 0.00000261. The molecule has 1 aliphatic heterocycles. The van der Waals surface area contributed by atoms with Gasteiger partial charge in [0, 0.05) is 17.1 Å². The fraction of sp³-hybridized carbons (Fsp3) is 0.400. The topological polar surface area (TPSA) is 45.2 Å². The first-order chi connectivity index (χ1) is 12.7. The number of hydrogen-bond acceptors (Lipinski definition) is 4. The highest BCUT2D eigenvalue weighted by molar-refractivity contribution is 7.98. The first-order valence-corrected chi connectivity index (χ1v) is 10.5. The quantitative estimate of drug-likeness (QED) is 0.707. The summed E-state index contributed by atoms with van der Waals surface area (Å²) >= 11 is 7.99. The van der Waals surface area contributed by atoms with Crippen molar-refractivity contribution in [3.63, 3.8) is 0 Å². The minimum Gasteiger partial charge on any atom is -0.330 e. The summed E-state index contributed by atoms with van der Waals surface area (Å²) in [6.07, 6.45) is 6.77. The second-order valence-corrected chi connectivity index (χ2v) is 7.72. The van der Waals surface area contributed by atoms with Crippen LogP contribution >= 0.6 is 35.8 Å². The molecule has 1 aromatic carbocycles. The van der Waals surface area contributed by atoms with Crippen LogP contribution in [0.1, 0.15) is 35.3 Å². The van der Waals surface area contributed by atoms with Crippen LogP contribution in [0.4, 0.5) is 0 Å². The first-order valence-electron chi connectivity index (χ1n) is 8.94. The molecule has 146 valence electrons. The van der Waals surface area contributed by atoms with Gasteiger partial charge in [0.15, 0.2) is 0 Å². The number of carbonyl (C=O) groups is 1. The van der Waals surface area contributed by atoms with Crippen LogP contribution in [0.3, 0.4) is 0 Å². The van der Waals surface area contributed by atoms with Crippen LogP contribution in [-0.2, 0) is 6.54 Å². The maximum absolute atomic E-state index is 13.4. The standard InChI is InChI=1S/C20H24ClN3OS.ClH/c1-26-17-7-8-19(21)18(13-17)20(25)24(14-15-5-2-3-11-23-15)16-6-4-10-22-12-9-16;/h2-3,5,7-8,11,13,16,22H,4,6,9-10,12,14H2,1H3;1H. The predicted molar refractivity (Wildman–Crippen MR) is 115 cm³/mol. The summed E-state index contributed by atoms with van der Waals surface area (Å²) in [5.74, 6) is -0.0107. The zero-order chi connectivity index (χ0) is 18.4. The van der Waals surface area contributed by atoms with Crippen molar-refractivity contribution in [1.29, 1.82) is 0 Å². The molecule has 1 atom stereocenters. The van der Waals surface area contributed by atoms with E-state index in [4.69, 9.17) is 11.6 Å². The van der Waals surface area contributed by atoms with Gasteiger partial charge in [-0.05, 0) is 68.9 Å². The fourth-order valence-electron chi connectivity index (χ4n) is 3.30. The summed E-state index contributed by atoms with van der Waals surface area (Å²) in [6, 6.07) is 11.7. The van der Waals surface area contributed by atoms with E-state index in [0.717, 1.165) is 42.9 Å². The molecule has 1 fully saturated rings. The second kappa shape index (κ2) is 10.9. The van der Waals surface area contributed by atoms with Gasteiger partial charge in [-0.1, -0.05) is 17.7 Å². The Labute approximate surface area is 176 Å². The van der Waals surface area contributed by atoms with Crippen molar-refractivity contribution < 1.29 is 4.79 Å². The van der Waals surface area contributed by atoms with E-state index >= 15 is 0 Å². The maximum Gasteiger partial charge on any atom is 0.256 e. The number of amides is 1. The third-order valence-electron chi connectivity index (χ3n) is 4.71. The number of thioether (sulfide) groups is 1. The molecule has 0 bridgehead atoms. The van der Waals surface area contributed by atoms with Crippen LogP contribution in [0.5, 0.6) is 0 Å². The molecule has 1 unspecified atom stereocenters. The van der Waals surface area contributed by atoms with E-state index < -0.39 is 0 Å². The average Bonchev–Trinajstić information content (AvgIpc) is 2.96. The van der Waals surface area contributed by atoms with Crippen molar-refractivity contribution in [3.8, 4) is 0 Å². The van der Waals surface area contributed by atoms with Crippen molar-refractivity contribution in [2.45, 2.75) is 36.7 Å². The Hall–Kier alpha value is -1.27. The van der Waals surface area contributed by atoms with Gasteiger partial charge in [-0.25, -0.2) is 0 Å². The molecule has 27 heavy (non-hydrogen) atoms. The van der Waals surface area contributed by atoms with Crippen LogP contribution in [0.15, 0.2) is 47.5 Å². The predicted octanol–water partition coefficient (Wildman–Crippen LogP) is 4.66. The minimum absolute atomic E-state index is 0. The van der Waals surface area contributed by atoms with Gasteiger partial charge in [0.05, 0.1) is 22.8 Å². The third-order valence-corrected chi connectivity index (χ3v) is 5.76. The van der Waals surface area contributed by atoms with Gasteiger partial charge in [-0.3, -0.25) is 9.78 Å². The number of hydrogen-bond donors (Lipinski definition) is 1. The highest BCUT2D eigenvalue weighted by Gasteiger charge is 2.27. The highest BCUT2D eigenvalue weighted by atomic mass is 35.5. The Morgan fingerprint density at radius 3 is 2.89 bits per heavy atom. The molecular formula is C20H25Cl2N3OS. The van der Waals surface area contributed by atoms with E-state index in [0.29, 0.717) is 17.1 Å². The van der Waals surface area contributed by atoms with E-state index in [1.54, 1.807) is 18.0 Å². The van der Waals surface area contributed by atoms with E-state index in [-0.39, 0.29) is 24.4 Å². The molecule has 0 spiro atoms. The maximum atomic E-state index is 13.4. The number of nitrogens with one attached hydrogen (secondary N) is 1. The van der Waals surface area contributed by atoms with Crippen molar-refractivity contribution in [1.82, 2.24) is 15.2 Å². The largest absolute Gasteiger partial charge is 0.330 e. The van der Waals surface area contributed by atoms with Crippen LogP contribution in [0.2, 0.25) is 5.02 Å². The lowest BCUT2D eigenvalue weighted by molar-refractivity contribution is 0.0642. The van der Waals surface area contributed by atoms with Crippen LogP contribution in [0, 0.1) is 0 Å². The van der Waals surface area contributed by atoms with Crippen LogP contribution in [0.25, 0.3) is 0 Å². The molecule has 2 aromatic rings. The van der Waals surface area contributed by atoms with Crippen LogP contribution in [-0.4, -0.2) is 41.2 Å². The number of aromatic nitrogens is 1. The number of rotatable bonds is 5. The zero-order valence-electron chi connectivity index (χ0n) is 15.4. The monoisotopic (exact) mass is 425 g/mol. The fourth-order valence-corrected chi connectivity index (χ4v) is 3.93. The van der Waals surface area contributed by atoms with Gasteiger partial charge < -0.3 is 10.2 Å². The summed E-state index contributed by atoms with van der Waals surface area (Å²) in [5, 5.41) is 3.93. The van der Waals surface area contributed by atoms with E-state index in [1.165, 1.54) is 0 Å². The SMILES string of the molecule is CSc1ccc(Cl)c(C(=O)N(Cc2ccccn2)C2CCCNCC2)c1.Cl. The molecule has 0 saturated carbocycles. The molecule has 1 saturated heterocycles. The van der Waals surface area contributed by atoms with Gasteiger partial charge in [-0.2, -0.15) is 0 Å². The molecule has 0 aliphatic carbocycles. The highest BCUT2D eigenvalue weighted by Crippen LogP contribution is 2.27. The van der Waals surface area contributed by atoms with E-state index in [1.807, 2.05) is 47.6 Å². The smallest absolute Gasteiger partial charge is 0.256 e. The van der Waals surface area contributed by atoms with Crippen molar-refractivity contribution in [2.24, 2.45) is 0 Å². The molecule has 4 nitrogen and oxygen atoms in total. The van der Waals surface area contributed by atoms with Gasteiger partial charge in [0.2, 0.25) is 0 Å². The molecule has 1 aliphatic rings. The molecule has 7 heteroatoms. The average molecular weight is 426 g/mol. The van der Waals surface area contributed by atoms with Gasteiger partial charge in [-0.15, -0.1) is 24.2 Å². The van der Waals surface area contributed by atoms with Gasteiger partial charge in [0.1, 0.15) is 0 Å². The number of benzene rings is 1. The lowest BCUT2D eigenvalue weighted by Gasteiger charge is -2.31. The number of nitrogens with zero attached hydrogens (tertiary/aromatic N) is 2. The van der Waals surface area contributed by atoms with E-state index in [2.05, 4.69) is 10.3 Å². The Morgan fingerprint density at radius 2 is 2.15 bits per heavy atom. The first kappa shape index (κ1) is 22.0. The van der Waals surface area contributed by atoms with Crippen molar-refractivity contribution in [2.75, 3.05) is 19.3 Å². The summed E-state index contributed by atoms with van der Waals surface area (Å²) in [7, 11) is 0. The van der Waals surface area contributed by atoms with Gasteiger partial charge >= 0.3 is 0 Å². The number of halogens is 2. The molecule has 3 rings (SSSR count). The molecule has 1 N–H and O–H groups in total. The van der Waals surface area contributed by atoms with Crippen molar-refractivity contribution >= 4 is 41.7 Å². The second-order valence-electron chi connectivity index (χ2n) is 6.43. The zero-order valence-corrected chi connectivity index (χ0v) is 17.7. The van der Waals surface area contributed by atoms with Crippen molar-refractivity contribution in [3.05, 3.63) is 58.9 Å².